The van der Waals surface area contributed by atoms with E-state index in [4.69, 9.17) is 9.47 Å². The largest absolute Gasteiger partial charge is 0.379 e. The van der Waals surface area contributed by atoms with Crippen LogP contribution in [0.25, 0.3) is 0 Å². The lowest BCUT2D eigenvalue weighted by molar-refractivity contribution is 0.0207. The lowest BCUT2D eigenvalue weighted by Crippen LogP contribution is -2.40. The fourth-order valence-corrected chi connectivity index (χ4v) is 3.52. The second-order valence-electron chi connectivity index (χ2n) is 6.46. The van der Waals surface area contributed by atoms with Crippen molar-refractivity contribution in [3.8, 4) is 0 Å². The van der Waals surface area contributed by atoms with E-state index in [2.05, 4.69) is 20.4 Å². The summed E-state index contributed by atoms with van der Waals surface area (Å²) in [6, 6.07) is 6.45. The minimum absolute atomic E-state index is 0.124. The third-order valence-corrected chi connectivity index (χ3v) is 4.80. The number of hydrogen-bond acceptors (Lipinski definition) is 6. The predicted molar refractivity (Wildman–Crippen MR) is 87.4 cm³/mol. The van der Waals surface area contributed by atoms with Crippen molar-refractivity contribution >= 4 is 0 Å². The molecule has 2 aromatic rings. The molecular formula is C17H22FN5O2. The van der Waals surface area contributed by atoms with Crippen molar-refractivity contribution in [3.63, 3.8) is 0 Å². The molecule has 2 unspecified atom stereocenters. The molecule has 1 aromatic heterocycles. The number of morpholine rings is 1. The highest BCUT2D eigenvalue weighted by molar-refractivity contribution is 5.25. The van der Waals surface area contributed by atoms with Gasteiger partial charge in [0, 0.05) is 19.7 Å². The number of nitrogens with zero attached hydrogens (tertiary/aromatic N) is 5. The van der Waals surface area contributed by atoms with Gasteiger partial charge in [0.25, 0.3) is 0 Å². The highest BCUT2D eigenvalue weighted by atomic mass is 19.1. The van der Waals surface area contributed by atoms with E-state index in [1.165, 1.54) is 12.1 Å². The van der Waals surface area contributed by atoms with Crippen LogP contribution in [-0.4, -0.2) is 64.1 Å². The zero-order chi connectivity index (χ0) is 17.1. The molecule has 0 N–H and O–H groups in total. The van der Waals surface area contributed by atoms with Crippen LogP contribution in [0.15, 0.2) is 24.3 Å². The molecule has 25 heavy (non-hydrogen) atoms. The van der Waals surface area contributed by atoms with Gasteiger partial charge in [-0.2, -0.15) is 0 Å². The van der Waals surface area contributed by atoms with E-state index < -0.39 is 0 Å². The molecule has 2 fully saturated rings. The Morgan fingerprint density at radius 2 is 1.96 bits per heavy atom. The number of tetrazole rings is 1. The van der Waals surface area contributed by atoms with E-state index in [9.17, 15) is 4.39 Å². The van der Waals surface area contributed by atoms with E-state index in [1.807, 2.05) is 4.68 Å². The van der Waals surface area contributed by atoms with Gasteiger partial charge in [-0.3, -0.25) is 4.90 Å². The Hall–Kier alpha value is -1.90. The minimum atomic E-state index is -0.247. The highest BCUT2D eigenvalue weighted by Gasteiger charge is 2.30. The average molecular weight is 347 g/mol. The van der Waals surface area contributed by atoms with E-state index in [1.54, 1.807) is 12.1 Å². The Bertz CT molecular complexity index is 681. The first-order valence-corrected chi connectivity index (χ1v) is 8.76. The Balaban J connectivity index is 1.65. The van der Waals surface area contributed by atoms with Crippen molar-refractivity contribution in [2.24, 2.45) is 0 Å². The number of hydrogen-bond donors (Lipinski definition) is 0. The first-order chi connectivity index (χ1) is 12.3. The third-order valence-electron chi connectivity index (χ3n) is 4.80. The Morgan fingerprint density at radius 1 is 1.16 bits per heavy atom. The van der Waals surface area contributed by atoms with Crippen molar-refractivity contribution in [1.82, 2.24) is 25.1 Å². The van der Waals surface area contributed by atoms with Crippen LogP contribution in [0.5, 0.6) is 0 Å². The van der Waals surface area contributed by atoms with E-state index in [-0.39, 0.29) is 18.0 Å². The zero-order valence-electron chi connectivity index (χ0n) is 14.1. The molecular weight excluding hydrogens is 325 g/mol. The summed E-state index contributed by atoms with van der Waals surface area (Å²) in [5.74, 6) is 0.521. The molecule has 8 heteroatoms. The summed E-state index contributed by atoms with van der Waals surface area (Å²) in [5.41, 5.74) is 0.978. The molecule has 0 amide bonds. The number of rotatable bonds is 5. The molecule has 0 saturated carbocycles. The molecule has 1 aromatic carbocycles. The summed E-state index contributed by atoms with van der Waals surface area (Å²) in [7, 11) is 0. The first kappa shape index (κ1) is 16.6. The van der Waals surface area contributed by atoms with Gasteiger partial charge in [0.2, 0.25) is 0 Å². The Kier molecular flexibility index (Phi) is 5.00. The summed E-state index contributed by atoms with van der Waals surface area (Å²) in [6.45, 7) is 4.36. The highest BCUT2D eigenvalue weighted by Crippen LogP contribution is 2.28. The lowest BCUT2D eigenvalue weighted by atomic mass is 10.0. The maximum atomic E-state index is 13.4. The quantitative estimate of drug-likeness (QED) is 0.815. The maximum Gasteiger partial charge on any atom is 0.173 e. The molecule has 0 aliphatic carbocycles. The molecule has 0 spiro atoms. The zero-order valence-corrected chi connectivity index (χ0v) is 14.1. The van der Waals surface area contributed by atoms with Gasteiger partial charge in [-0.15, -0.1) is 5.10 Å². The topological polar surface area (TPSA) is 65.3 Å². The Labute approximate surface area is 145 Å². The van der Waals surface area contributed by atoms with Gasteiger partial charge >= 0.3 is 0 Å². The molecule has 134 valence electrons. The van der Waals surface area contributed by atoms with Crippen molar-refractivity contribution in [1.29, 1.82) is 0 Å². The van der Waals surface area contributed by atoms with Crippen LogP contribution in [0.3, 0.4) is 0 Å². The van der Waals surface area contributed by atoms with Crippen LogP contribution in [0.4, 0.5) is 4.39 Å². The van der Waals surface area contributed by atoms with Crippen molar-refractivity contribution in [2.45, 2.75) is 31.5 Å². The van der Waals surface area contributed by atoms with Crippen LogP contribution in [0.1, 0.15) is 30.3 Å². The van der Waals surface area contributed by atoms with Gasteiger partial charge in [0.15, 0.2) is 5.82 Å². The van der Waals surface area contributed by atoms with Crippen LogP contribution in [0, 0.1) is 5.82 Å². The maximum absolute atomic E-state index is 13.4. The number of aromatic nitrogens is 4. The molecule has 2 saturated heterocycles. The second-order valence-corrected chi connectivity index (χ2v) is 6.46. The minimum Gasteiger partial charge on any atom is -0.379 e. The second kappa shape index (κ2) is 7.55. The lowest BCUT2D eigenvalue weighted by Gasteiger charge is -2.34. The summed E-state index contributed by atoms with van der Waals surface area (Å²) < 4.78 is 26.4. The van der Waals surface area contributed by atoms with Gasteiger partial charge in [0.1, 0.15) is 5.82 Å². The van der Waals surface area contributed by atoms with Crippen LogP contribution in [0.2, 0.25) is 0 Å². The van der Waals surface area contributed by atoms with Crippen LogP contribution >= 0.6 is 0 Å². The van der Waals surface area contributed by atoms with E-state index in [0.717, 1.165) is 43.9 Å². The smallest absolute Gasteiger partial charge is 0.173 e. The summed E-state index contributed by atoms with van der Waals surface area (Å²) >= 11 is 0. The third kappa shape index (κ3) is 3.70. The van der Waals surface area contributed by atoms with Gasteiger partial charge < -0.3 is 9.47 Å². The van der Waals surface area contributed by atoms with Gasteiger partial charge in [0.05, 0.1) is 31.9 Å². The molecule has 2 atom stereocenters. The monoisotopic (exact) mass is 347 g/mol. The Morgan fingerprint density at radius 3 is 2.68 bits per heavy atom. The number of benzene rings is 1. The summed E-state index contributed by atoms with van der Waals surface area (Å²) in [4.78, 5) is 2.29. The van der Waals surface area contributed by atoms with Gasteiger partial charge in [-0.25, -0.2) is 9.07 Å². The molecule has 0 radical (unpaired) electrons. The molecule has 2 aliphatic heterocycles. The van der Waals surface area contributed by atoms with Crippen molar-refractivity contribution < 1.29 is 13.9 Å². The molecule has 0 bridgehead atoms. The standard InChI is InChI=1S/C17H22FN5O2/c18-14-5-3-13(4-6-14)16(22-7-10-24-11-8-22)17-19-20-21-23(17)12-15-2-1-9-25-15/h3-6,15-16H,1-2,7-12H2. The number of ether oxygens (including phenoxy) is 2. The van der Waals surface area contributed by atoms with E-state index in [0.29, 0.717) is 19.8 Å². The van der Waals surface area contributed by atoms with Crippen LogP contribution < -0.4 is 0 Å². The molecule has 4 rings (SSSR count). The van der Waals surface area contributed by atoms with Gasteiger partial charge in [-0.05, 0) is 41.0 Å². The fourth-order valence-electron chi connectivity index (χ4n) is 3.52. The average Bonchev–Trinajstić information content (AvgIpc) is 3.31. The van der Waals surface area contributed by atoms with Crippen molar-refractivity contribution in [2.75, 3.05) is 32.9 Å². The van der Waals surface area contributed by atoms with Crippen molar-refractivity contribution in [3.05, 3.63) is 41.5 Å². The number of halogens is 1. The predicted octanol–water partition coefficient (Wildman–Crippen LogP) is 1.41. The normalized spacial score (nSPS) is 23.0. The first-order valence-electron chi connectivity index (χ1n) is 8.76. The SMILES string of the molecule is Fc1ccc(C(c2nnnn2CC2CCCO2)N2CCOCC2)cc1. The summed E-state index contributed by atoms with van der Waals surface area (Å²) in [6.07, 6.45) is 2.26. The fraction of sp³-hybridized carbons (Fsp3) is 0.588. The molecule has 3 heterocycles. The van der Waals surface area contributed by atoms with Crippen LogP contribution in [-0.2, 0) is 16.0 Å². The summed E-state index contributed by atoms with van der Waals surface area (Å²) in [5, 5.41) is 12.4. The molecule has 7 nitrogen and oxygen atoms in total. The molecule has 2 aliphatic rings. The van der Waals surface area contributed by atoms with E-state index >= 15 is 0 Å². The van der Waals surface area contributed by atoms with Gasteiger partial charge in [-0.1, -0.05) is 12.1 Å².